The summed E-state index contributed by atoms with van der Waals surface area (Å²) in [5, 5.41) is 14.8. The molecule has 4 nitrogen and oxygen atoms in total. The van der Waals surface area contributed by atoms with Gasteiger partial charge in [0.25, 0.3) is 5.89 Å². The summed E-state index contributed by atoms with van der Waals surface area (Å²) in [5.41, 5.74) is 1.10. The average Bonchev–Trinajstić information content (AvgIpc) is 3.17. The summed E-state index contributed by atoms with van der Waals surface area (Å²) in [6.45, 7) is 3.73. The van der Waals surface area contributed by atoms with E-state index in [2.05, 4.69) is 17.1 Å². The molecule has 1 atom stereocenters. The maximum Gasteiger partial charge on any atom is 0.263 e. The molecular weight excluding hydrogens is 367 g/mol. The molecule has 2 aromatic carbocycles. The van der Waals surface area contributed by atoms with Gasteiger partial charge >= 0.3 is 0 Å². The molecule has 1 aromatic heterocycles. The lowest BCUT2D eigenvalue weighted by atomic mass is 9.94. The van der Waals surface area contributed by atoms with E-state index in [1.807, 2.05) is 24.3 Å². The summed E-state index contributed by atoms with van der Waals surface area (Å²) in [6, 6.07) is 12.3. The van der Waals surface area contributed by atoms with Crippen molar-refractivity contribution in [3.63, 3.8) is 0 Å². The van der Waals surface area contributed by atoms with E-state index >= 15 is 0 Å². The number of unbranched alkanes of at least 4 members (excludes halogenated alkanes) is 1. The molecule has 0 aliphatic carbocycles. The normalized spacial score (nSPS) is 13.5. The molecule has 0 saturated carbocycles. The molecule has 27 heavy (non-hydrogen) atoms. The maximum atomic E-state index is 14.3. The SMILES string of the molecule is CCCCc1ccc(C(C)(O)c2nc(-c3c(F)cccc3CCl)no2)cc1. The Balaban J connectivity index is 1.91. The summed E-state index contributed by atoms with van der Waals surface area (Å²) in [6.07, 6.45) is 3.25. The lowest BCUT2D eigenvalue weighted by molar-refractivity contribution is 0.0637. The van der Waals surface area contributed by atoms with Gasteiger partial charge in [-0.1, -0.05) is 54.9 Å². The van der Waals surface area contributed by atoms with E-state index in [9.17, 15) is 9.50 Å². The predicted molar refractivity (Wildman–Crippen MR) is 103 cm³/mol. The van der Waals surface area contributed by atoms with Gasteiger partial charge in [-0.3, -0.25) is 0 Å². The van der Waals surface area contributed by atoms with Gasteiger partial charge in [0.1, 0.15) is 5.82 Å². The second kappa shape index (κ2) is 8.19. The molecule has 6 heteroatoms. The van der Waals surface area contributed by atoms with Crippen molar-refractivity contribution in [2.45, 2.75) is 44.6 Å². The number of halogens is 2. The minimum absolute atomic E-state index is 0.00239. The Kier molecular flexibility index (Phi) is 5.92. The Morgan fingerprint density at radius 1 is 1.19 bits per heavy atom. The highest BCUT2D eigenvalue weighted by atomic mass is 35.5. The van der Waals surface area contributed by atoms with E-state index in [0.29, 0.717) is 11.1 Å². The maximum absolute atomic E-state index is 14.3. The standard InChI is InChI=1S/C21H22ClFN2O2/c1-3-4-6-14-9-11-16(12-10-14)21(2,26)20-24-19(25-27-20)18-15(13-22)7-5-8-17(18)23/h5,7-12,26H,3-4,6,13H2,1-2H3. The highest BCUT2D eigenvalue weighted by molar-refractivity contribution is 6.17. The Hall–Kier alpha value is -2.24. The van der Waals surface area contributed by atoms with Crippen LogP contribution in [-0.4, -0.2) is 15.2 Å². The van der Waals surface area contributed by atoms with Gasteiger partial charge in [-0.15, -0.1) is 11.6 Å². The fourth-order valence-corrected chi connectivity index (χ4v) is 3.18. The molecule has 1 N–H and O–H groups in total. The van der Waals surface area contributed by atoms with Crippen molar-refractivity contribution in [1.82, 2.24) is 10.1 Å². The third-order valence-electron chi connectivity index (χ3n) is 4.65. The van der Waals surface area contributed by atoms with Gasteiger partial charge in [0, 0.05) is 5.88 Å². The Morgan fingerprint density at radius 3 is 2.59 bits per heavy atom. The molecule has 0 aliphatic rings. The van der Waals surface area contributed by atoms with E-state index in [0.717, 1.165) is 19.3 Å². The zero-order valence-electron chi connectivity index (χ0n) is 15.4. The molecule has 1 heterocycles. The van der Waals surface area contributed by atoms with E-state index in [1.165, 1.54) is 11.6 Å². The van der Waals surface area contributed by atoms with E-state index in [4.69, 9.17) is 16.1 Å². The first-order valence-corrected chi connectivity index (χ1v) is 9.50. The van der Waals surface area contributed by atoms with Gasteiger partial charge < -0.3 is 9.63 Å². The Morgan fingerprint density at radius 2 is 1.93 bits per heavy atom. The second-order valence-electron chi connectivity index (χ2n) is 6.70. The van der Waals surface area contributed by atoms with Crippen LogP contribution in [0.2, 0.25) is 0 Å². The van der Waals surface area contributed by atoms with Crippen molar-refractivity contribution >= 4 is 11.6 Å². The first-order chi connectivity index (χ1) is 13.0. The third-order valence-corrected chi connectivity index (χ3v) is 4.93. The summed E-state index contributed by atoms with van der Waals surface area (Å²) in [7, 11) is 0. The van der Waals surface area contributed by atoms with Crippen molar-refractivity contribution in [3.05, 3.63) is 70.9 Å². The molecule has 142 valence electrons. The summed E-state index contributed by atoms with van der Waals surface area (Å²) in [5.74, 6) is -0.298. The number of nitrogens with zero attached hydrogens (tertiary/aromatic N) is 2. The third kappa shape index (κ3) is 4.04. The fourth-order valence-electron chi connectivity index (χ4n) is 2.95. The van der Waals surface area contributed by atoms with Crippen LogP contribution in [0.3, 0.4) is 0 Å². The molecule has 1 unspecified atom stereocenters. The number of rotatable bonds is 7. The molecule has 0 amide bonds. The van der Waals surface area contributed by atoms with Crippen LogP contribution in [0.15, 0.2) is 47.0 Å². The fraction of sp³-hybridized carbons (Fsp3) is 0.333. The highest BCUT2D eigenvalue weighted by Gasteiger charge is 2.33. The smallest absolute Gasteiger partial charge is 0.263 e. The van der Waals surface area contributed by atoms with Crippen molar-refractivity contribution in [1.29, 1.82) is 0 Å². The van der Waals surface area contributed by atoms with Crippen molar-refractivity contribution in [2.24, 2.45) is 0 Å². The predicted octanol–water partition coefficient (Wildman–Crippen LogP) is 5.21. The molecular formula is C21H22ClFN2O2. The molecule has 0 spiro atoms. The zero-order valence-corrected chi connectivity index (χ0v) is 16.1. The summed E-state index contributed by atoms with van der Waals surface area (Å²) < 4.78 is 19.5. The van der Waals surface area contributed by atoms with Crippen LogP contribution < -0.4 is 0 Å². The number of aryl methyl sites for hydroxylation is 1. The number of aromatic nitrogens is 2. The van der Waals surface area contributed by atoms with Gasteiger partial charge in [-0.2, -0.15) is 4.98 Å². The minimum Gasteiger partial charge on any atom is -0.376 e. The number of hydrogen-bond donors (Lipinski definition) is 1. The molecule has 0 aliphatic heterocycles. The van der Waals surface area contributed by atoms with Gasteiger partial charge in [-0.05, 0) is 42.5 Å². The first kappa shape index (κ1) is 19.5. The van der Waals surface area contributed by atoms with Crippen LogP contribution in [0.4, 0.5) is 4.39 Å². The van der Waals surface area contributed by atoms with Crippen LogP contribution in [0, 0.1) is 5.82 Å². The molecule has 3 rings (SSSR count). The Bertz CT molecular complexity index is 907. The number of aliphatic hydroxyl groups is 1. The van der Waals surface area contributed by atoms with Crippen LogP contribution in [0.5, 0.6) is 0 Å². The first-order valence-electron chi connectivity index (χ1n) is 8.97. The van der Waals surface area contributed by atoms with Gasteiger partial charge in [0.2, 0.25) is 5.82 Å². The van der Waals surface area contributed by atoms with Crippen molar-refractivity contribution in [2.75, 3.05) is 0 Å². The summed E-state index contributed by atoms with van der Waals surface area (Å²) in [4.78, 5) is 4.24. The monoisotopic (exact) mass is 388 g/mol. The lowest BCUT2D eigenvalue weighted by Gasteiger charge is -2.19. The number of benzene rings is 2. The van der Waals surface area contributed by atoms with Gasteiger partial charge in [-0.25, -0.2) is 4.39 Å². The second-order valence-corrected chi connectivity index (χ2v) is 6.97. The molecule has 0 saturated heterocycles. The lowest BCUT2D eigenvalue weighted by Crippen LogP contribution is -2.23. The largest absolute Gasteiger partial charge is 0.376 e. The highest BCUT2D eigenvalue weighted by Crippen LogP contribution is 2.32. The molecule has 0 fully saturated rings. The number of alkyl halides is 1. The summed E-state index contributed by atoms with van der Waals surface area (Å²) >= 11 is 5.90. The van der Waals surface area contributed by atoms with Gasteiger partial charge in [0.15, 0.2) is 5.60 Å². The molecule has 0 radical (unpaired) electrons. The zero-order chi connectivity index (χ0) is 19.4. The van der Waals surface area contributed by atoms with Crippen LogP contribution in [0.1, 0.15) is 49.3 Å². The van der Waals surface area contributed by atoms with E-state index in [1.54, 1.807) is 19.1 Å². The Labute approximate surface area is 163 Å². The molecule has 0 bridgehead atoms. The molecule has 3 aromatic rings. The van der Waals surface area contributed by atoms with Gasteiger partial charge in [0.05, 0.1) is 5.56 Å². The van der Waals surface area contributed by atoms with Crippen molar-refractivity contribution in [3.8, 4) is 11.4 Å². The minimum atomic E-state index is -1.49. The average molecular weight is 389 g/mol. The topological polar surface area (TPSA) is 59.2 Å². The van der Waals surface area contributed by atoms with Crippen LogP contribution in [-0.2, 0) is 17.9 Å². The van der Waals surface area contributed by atoms with E-state index < -0.39 is 11.4 Å². The van der Waals surface area contributed by atoms with Crippen molar-refractivity contribution < 1.29 is 14.0 Å². The van der Waals surface area contributed by atoms with Crippen LogP contribution >= 0.6 is 11.6 Å². The van der Waals surface area contributed by atoms with E-state index in [-0.39, 0.29) is 23.2 Å². The quantitative estimate of drug-likeness (QED) is 0.564. The van der Waals surface area contributed by atoms with Crippen LogP contribution in [0.25, 0.3) is 11.4 Å². The number of hydrogen-bond acceptors (Lipinski definition) is 4.